The van der Waals surface area contributed by atoms with E-state index in [-0.39, 0.29) is 5.75 Å². The van der Waals surface area contributed by atoms with Gasteiger partial charge < -0.3 is 10.5 Å². The zero-order valence-electron chi connectivity index (χ0n) is 11.2. The maximum atomic E-state index is 12.0. The van der Waals surface area contributed by atoms with Crippen molar-refractivity contribution in [1.29, 1.82) is 0 Å². The molecule has 0 atom stereocenters. The molecule has 1 heterocycles. The molecule has 0 fully saturated rings. The summed E-state index contributed by atoms with van der Waals surface area (Å²) < 4.78 is 41.6. The van der Waals surface area contributed by atoms with Crippen LogP contribution in [0.2, 0.25) is 0 Å². The molecular formula is C13H15F3N4O. The Morgan fingerprint density at radius 2 is 1.90 bits per heavy atom. The number of nitrogens with zero attached hydrogens (tertiary/aromatic N) is 3. The van der Waals surface area contributed by atoms with E-state index in [1.807, 2.05) is 0 Å². The van der Waals surface area contributed by atoms with Crippen molar-refractivity contribution in [3.05, 3.63) is 41.7 Å². The normalized spacial score (nSPS) is 11.6. The summed E-state index contributed by atoms with van der Waals surface area (Å²) in [5.41, 5.74) is 7.07. The zero-order chi connectivity index (χ0) is 15.3. The van der Waals surface area contributed by atoms with Crippen LogP contribution in [0.1, 0.15) is 17.7 Å². The maximum absolute atomic E-state index is 12.0. The number of benzene rings is 1. The van der Waals surface area contributed by atoms with Gasteiger partial charge in [-0.1, -0.05) is 17.3 Å². The topological polar surface area (TPSA) is 66.0 Å². The maximum Gasteiger partial charge on any atom is 0.573 e. The van der Waals surface area contributed by atoms with Crippen molar-refractivity contribution < 1.29 is 17.9 Å². The van der Waals surface area contributed by atoms with E-state index in [4.69, 9.17) is 5.73 Å². The second kappa shape index (κ2) is 6.57. The van der Waals surface area contributed by atoms with Crippen LogP contribution in [0.15, 0.2) is 30.5 Å². The van der Waals surface area contributed by atoms with E-state index >= 15 is 0 Å². The first kappa shape index (κ1) is 15.3. The second-order valence-corrected chi connectivity index (χ2v) is 4.49. The van der Waals surface area contributed by atoms with Gasteiger partial charge in [0.1, 0.15) is 5.75 Å². The highest BCUT2D eigenvalue weighted by Crippen LogP contribution is 2.22. The molecule has 0 radical (unpaired) electrons. The van der Waals surface area contributed by atoms with Crippen molar-refractivity contribution in [3.8, 4) is 5.75 Å². The monoisotopic (exact) mass is 300 g/mol. The van der Waals surface area contributed by atoms with Crippen molar-refractivity contribution in [2.45, 2.75) is 25.7 Å². The van der Waals surface area contributed by atoms with Gasteiger partial charge >= 0.3 is 6.36 Å². The van der Waals surface area contributed by atoms with Gasteiger partial charge in [-0.3, -0.25) is 0 Å². The van der Waals surface area contributed by atoms with Gasteiger partial charge in [0, 0.05) is 6.20 Å². The lowest BCUT2D eigenvalue weighted by atomic mass is 10.2. The number of hydrogen-bond acceptors (Lipinski definition) is 4. The van der Waals surface area contributed by atoms with E-state index in [1.54, 1.807) is 23.0 Å². The SMILES string of the molecule is NCCCc1cn(Cc2ccc(OC(F)(F)F)cc2)nn1. The van der Waals surface area contributed by atoms with E-state index < -0.39 is 6.36 Å². The smallest absolute Gasteiger partial charge is 0.406 e. The highest BCUT2D eigenvalue weighted by atomic mass is 19.4. The predicted octanol–water partition coefficient (Wildman–Crippen LogP) is 2.12. The summed E-state index contributed by atoms with van der Waals surface area (Å²) >= 11 is 0. The molecule has 8 heteroatoms. The van der Waals surface area contributed by atoms with Gasteiger partial charge in [-0.2, -0.15) is 0 Å². The third-order valence-electron chi connectivity index (χ3n) is 2.72. The fourth-order valence-electron chi connectivity index (χ4n) is 1.80. The van der Waals surface area contributed by atoms with Gasteiger partial charge in [0.25, 0.3) is 0 Å². The highest BCUT2D eigenvalue weighted by molar-refractivity contribution is 5.27. The molecule has 0 bridgehead atoms. The number of halogens is 3. The molecule has 0 saturated heterocycles. The van der Waals surface area contributed by atoms with Gasteiger partial charge in [0.15, 0.2) is 0 Å². The van der Waals surface area contributed by atoms with Crippen LogP contribution in [0.5, 0.6) is 5.75 Å². The van der Waals surface area contributed by atoms with Crippen LogP contribution in [0.3, 0.4) is 0 Å². The molecule has 0 aliphatic carbocycles. The number of ether oxygens (including phenoxy) is 1. The summed E-state index contributed by atoms with van der Waals surface area (Å²) in [6.45, 7) is 1.02. The van der Waals surface area contributed by atoms with Crippen LogP contribution in [-0.2, 0) is 13.0 Å². The van der Waals surface area contributed by atoms with Crippen molar-refractivity contribution in [2.75, 3.05) is 6.54 Å². The molecule has 0 unspecified atom stereocenters. The standard InChI is InChI=1S/C13H15F3N4O/c14-13(15,16)21-12-5-3-10(4-6-12)8-20-9-11(18-19-20)2-1-7-17/h3-6,9H,1-2,7-8,17H2. The molecule has 1 aromatic carbocycles. The zero-order valence-corrected chi connectivity index (χ0v) is 11.2. The average molecular weight is 300 g/mol. The molecular weight excluding hydrogens is 285 g/mol. The third-order valence-corrected chi connectivity index (χ3v) is 2.72. The van der Waals surface area contributed by atoms with Crippen LogP contribution in [0.25, 0.3) is 0 Å². The molecule has 0 saturated carbocycles. The number of hydrogen-bond donors (Lipinski definition) is 1. The fourth-order valence-corrected chi connectivity index (χ4v) is 1.80. The number of nitrogens with two attached hydrogens (primary N) is 1. The first-order chi connectivity index (χ1) is 9.96. The van der Waals surface area contributed by atoms with Gasteiger partial charge in [-0.15, -0.1) is 18.3 Å². The Labute approximate surface area is 119 Å². The van der Waals surface area contributed by atoms with Crippen molar-refractivity contribution in [1.82, 2.24) is 15.0 Å². The molecule has 2 N–H and O–H groups in total. The van der Waals surface area contributed by atoms with E-state index in [0.717, 1.165) is 24.1 Å². The largest absolute Gasteiger partial charge is 0.573 e. The van der Waals surface area contributed by atoms with E-state index in [2.05, 4.69) is 15.0 Å². The Bertz CT molecular complexity index is 566. The molecule has 1 aromatic heterocycles. The Morgan fingerprint density at radius 3 is 2.52 bits per heavy atom. The van der Waals surface area contributed by atoms with Crippen LogP contribution < -0.4 is 10.5 Å². The second-order valence-electron chi connectivity index (χ2n) is 4.49. The molecule has 0 aliphatic heterocycles. The van der Waals surface area contributed by atoms with Crippen LogP contribution in [0.4, 0.5) is 13.2 Å². The van der Waals surface area contributed by atoms with E-state index in [9.17, 15) is 13.2 Å². The van der Waals surface area contributed by atoms with Crippen molar-refractivity contribution in [3.63, 3.8) is 0 Å². The average Bonchev–Trinajstić information content (AvgIpc) is 2.85. The lowest BCUT2D eigenvalue weighted by molar-refractivity contribution is -0.274. The molecule has 21 heavy (non-hydrogen) atoms. The van der Waals surface area contributed by atoms with Crippen LogP contribution in [0, 0.1) is 0 Å². The van der Waals surface area contributed by atoms with Crippen molar-refractivity contribution in [2.24, 2.45) is 5.73 Å². The molecule has 5 nitrogen and oxygen atoms in total. The van der Waals surface area contributed by atoms with Crippen LogP contribution in [-0.4, -0.2) is 27.9 Å². The summed E-state index contributed by atoms with van der Waals surface area (Å²) in [5.74, 6) is -0.242. The molecule has 0 aliphatic rings. The Kier molecular flexibility index (Phi) is 4.79. The minimum atomic E-state index is -4.68. The lowest BCUT2D eigenvalue weighted by Gasteiger charge is -2.09. The molecule has 0 spiro atoms. The summed E-state index contributed by atoms with van der Waals surface area (Å²) in [6.07, 6.45) is -1.28. The number of rotatable bonds is 6. The Balaban J connectivity index is 1.95. The minimum absolute atomic E-state index is 0.242. The predicted molar refractivity (Wildman–Crippen MR) is 69.6 cm³/mol. The Morgan fingerprint density at radius 1 is 1.19 bits per heavy atom. The number of aryl methyl sites for hydroxylation is 1. The fraction of sp³-hybridized carbons (Fsp3) is 0.385. The first-order valence-corrected chi connectivity index (χ1v) is 6.40. The van der Waals surface area contributed by atoms with Gasteiger partial charge in [0.2, 0.25) is 0 Å². The van der Waals surface area contributed by atoms with Crippen LogP contribution >= 0.6 is 0 Å². The van der Waals surface area contributed by atoms with Gasteiger partial charge in [-0.05, 0) is 37.1 Å². The summed E-state index contributed by atoms with van der Waals surface area (Å²) in [7, 11) is 0. The molecule has 2 aromatic rings. The molecule has 2 rings (SSSR count). The summed E-state index contributed by atoms with van der Waals surface area (Å²) in [6, 6.07) is 5.66. The van der Waals surface area contributed by atoms with Gasteiger partial charge in [-0.25, -0.2) is 4.68 Å². The minimum Gasteiger partial charge on any atom is -0.406 e. The quantitative estimate of drug-likeness (QED) is 0.887. The van der Waals surface area contributed by atoms with E-state index in [1.165, 1.54) is 12.1 Å². The number of aromatic nitrogens is 3. The first-order valence-electron chi connectivity index (χ1n) is 6.40. The van der Waals surface area contributed by atoms with Gasteiger partial charge in [0.05, 0.1) is 12.2 Å². The third kappa shape index (κ3) is 5.07. The molecule has 0 amide bonds. The Hall–Kier alpha value is -2.09. The van der Waals surface area contributed by atoms with Crippen molar-refractivity contribution >= 4 is 0 Å². The number of alkyl halides is 3. The lowest BCUT2D eigenvalue weighted by Crippen LogP contribution is -2.17. The highest BCUT2D eigenvalue weighted by Gasteiger charge is 2.30. The van der Waals surface area contributed by atoms with E-state index in [0.29, 0.717) is 13.1 Å². The molecule has 114 valence electrons. The summed E-state index contributed by atoms with van der Waals surface area (Å²) in [4.78, 5) is 0. The summed E-state index contributed by atoms with van der Waals surface area (Å²) in [5, 5.41) is 7.96.